The number of nitrogens with one attached hydrogen (secondary N) is 3. The van der Waals surface area contributed by atoms with Gasteiger partial charge in [-0.3, -0.25) is 0 Å². The van der Waals surface area contributed by atoms with Gasteiger partial charge in [0.25, 0.3) is 0 Å². The van der Waals surface area contributed by atoms with Crippen LogP contribution in [0.15, 0.2) is 40.9 Å². The molecule has 0 saturated heterocycles. The van der Waals surface area contributed by atoms with Crippen LogP contribution in [0.25, 0.3) is 0 Å². The van der Waals surface area contributed by atoms with Crippen molar-refractivity contribution < 1.29 is 9.13 Å². The van der Waals surface area contributed by atoms with Crippen molar-refractivity contribution in [2.75, 3.05) is 42.7 Å². The van der Waals surface area contributed by atoms with Crippen molar-refractivity contribution >= 4 is 33.0 Å². The van der Waals surface area contributed by atoms with Crippen LogP contribution >= 0.6 is 15.9 Å². The SMILES string of the molecule is CCNc1c(C)cc(Br)cc1C.CCNc1c(C)cc(F)cc1C.CCNc1c(C)cc(OC)cc1C. The molecule has 0 spiro atoms. The van der Waals surface area contributed by atoms with Gasteiger partial charge in [-0.2, -0.15) is 0 Å². The average Bonchev–Trinajstić information content (AvgIpc) is 2.81. The van der Waals surface area contributed by atoms with Gasteiger partial charge in [0, 0.05) is 41.2 Å². The fraction of sp³-hybridized carbons (Fsp3) is 0.419. The summed E-state index contributed by atoms with van der Waals surface area (Å²) in [6, 6.07) is 11.4. The maximum Gasteiger partial charge on any atom is 0.123 e. The Balaban J connectivity index is 0.000000278. The maximum atomic E-state index is 12.8. The Hall–Kier alpha value is -2.73. The lowest BCUT2D eigenvalue weighted by atomic mass is 10.1. The van der Waals surface area contributed by atoms with Crippen LogP contribution in [0.5, 0.6) is 5.75 Å². The summed E-state index contributed by atoms with van der Waals surface area (Å²) < 4.78 is 19.2. The quantitative estimate of drug-likeness (QED) is 0.263. The summed E-state index contributed by atoms with van der Waals surface area (Å²) in [6.07, 6.45) is 0. The van der Waals surface area contributed by atoms with Gasteiger partial charge in [0.05, 0.1) is 7.11 Å². The van der Waals surface area contributed by atoms with E-state index in [0.717, 1.165) is 46.7 Å². The summed E-state index contributed by atoms with van der Waals surface area (Å²) in [5, 5.41) is 9.89. The lowest BCUT2D eigenvalue weighted by Gasteiger charge is -2.12. The monoisotopic (exact) mass is 573 g/mol. The highest BCUT2D eigenvalue weighted by molar-refractivity contribution is 9.10. The van der Waals surface area contributed by atoms with Gasteiger partial charge in [-0.05, 0) is 132 Å². The van der Waals surface area contributed by atoms with E-state index in [4.69, 9.17) is 4.74 Å². The number of halogens is 2. The fourth-order valence-electron chi connectivity index (χ4n) is 4.23. The van der Waals surface area contributed by atoms with Gasteiger partial charge >= 0.3 is 0 Å². The standard InChI is InChI=1S/C11H17NO.C10H14BrN.C10H14FN/c1-5-12-11-8(2)6-10(13-4)7-9(11)3;2*1-4-12-10-7(2)5-9(11)6-8(10)3/h6-7,12H,5H2,1-4H3;2*5-6,12H,4H2,1-3H3. The van der Waals surface area contributed by atoms with E-state index < -0.39 is 0 Å². The predicted molar refractivity (Wildman–Crippen MR) is 164 cm³/mol. The van der Waals surface area contributed by atoms with Crippen molar-refractivity contribution in [3.8, 4) is 5.75 Å². The topological polar surface area (TPSA) is 45.3 Å². The fourth-order valence-corrected chi connectivity index (χ4v) is 4.92. The second-order valence-corrected chi connectivity index (χ2v) is 9.97. The molecular formula is C31H45BrFN3O. The number of benzene rings is 3. The average molecular weight is 575 g/mol. The molecule has 0 aliphatic rings. The van der Waals surface area contributed by atoms with Crippen molar-refractivity contribution in [1.29, 1.82) is 0 Å². The van der Waals surface area contributed by atoms with E-state index in [-0.39, 0.29) is 5.82 Å². The van der Waals surface area contributed by atoms with E-state index in [9.17, 15) is 4.39 Å². The van der Waals surface area contributed by atoms with E-state index >= 15 is 0 Å². The molecule has 0 radical (unpaired) electrons. The van der Waals surface area contributed by atoms with Crippen LogP contribution in [0.3, 0.4) is 0 Å². The Morgan fingerprint density at radius 3 is 1.19 bits per heavy atom. The molecule has 0 saturated carbocycles. The minimum atomic E-state index is -0.161. The van der Waals surface area contributed by atoms with Crippen molar-refractivity contribution in [2.45, 2.75) is 62.3 Å². The normalized spacial score (nSPS) is 9.95. The van der Waals surface area contributed by atoms with Gasteiger partial charge in [-0.25, -0.2) is 4.39 Å². The van der Waals surface area contributed by atoms with Gasteiger partial charge in [0.15, 0.2) is 0 Å². The van der Waals surface area contributed by atoms with Gasteiger partial charge in [-0.1, -0.05) is 15.9 Å². The minimum Gasteiger partial charge on any atom is -0.497 e. The first-order valence-corrected chi connectivity index (χ1v) is 13.7. The second kappa shape index (κ2) is 16.2. The molecule has 0 fully saturated rings. The van der Waals surface area contributed by atoms with Crippen molar-refractivity contribution in [1.82, 2.24) is 0 Å². The van der Waals surface area contributed by atoms with Gasteiger partial charge in [0.2, 0.25) is 0 Å². The maximum absolute atomic E-state index is 12.8. The van der Waals surface area contributed by atoms with Crippen LogP contribution in [0, 0.1) is 47.4 Å². The molecule has 3 aromatic rings. The molecule has 3 aromatic carbocycles. The molecular weight excluding hydrogens is 529 g/mol. The van der Waals surface area contributed by atoms with Crippen LogP contribution in [-0.2, 0) is 0 Å². The van der Waals surface area contributed by atoms with Crippen molar-refractivity contribution in [3.63, 3.8) is 0 Å². The number of hydrogen-bond donors (Lipinski definition) is 3. The zero-order valence-electron chi connectivity index (χ0n) is 24.2. The number of ether oxygens (including phenoxy) is 1. The van der Waals surface area contributed by atoms with Crippen LogP contribution < -0.4 is 20.7 Å². The van der Waals surface area contributed by atoms with Crippen molar-refractivity contribution in [2.24, 2.45) is 0 Å². The zero-order valence-corrected chi connectivity index (χ0v) is 25.8. The third-order valence-corrected chi connectivity index (χ3v) is 6.26. The highest BCUT2D eigenvalue weighted by Gasteiger charge is 2.04. The molecule has 37 heavy (non-hydrogen) atoms. The first kappa shape index (κ1) is 32.3. The van der Waals surface area contributed by atoms with E-state index in [1.165, 1.54) is 33.6 Å². The Morgan fingerprint density at radius 2 is 0.892 bits per heavy atom. The summed E-state index contributed by atoms with van der Waals surface area (Å²) in [5.74, 6) is 0.767. The molecule has 0 aliphatic carbocycles. The Bertz CT molecular complexity index is 1020. The second-order valence-electron chi connectivity index (χ2n) is 9.06. The smallest absolute Gasteiger partial charge is 0.123 e. The van der Waals surface area contributed by atoms with E-state index in [2.05, 4.69) is 85.6 Å². The van der Waals surface area contributed by atoms with Crippen LogP contribution in [0.4, 0.5) is 21.5 Å². The highest BCUT2D eigenvalue weighted by atomic mass is 79.9. The minimum absolute atomic E-state index is 0.161. The molecule has 204 valence electrons. The molecule has 3 N–H and O–H groups in total. The predicted octanol–water partition coefficient (Wildman–Crippen LogP) is 9.12. The van der Waals surface area contributed by atoms with Gasteiger partial charge < -0.3 is 20.7 Å². The lowest BCUT2D eigenvalue weighted by Crippen LogP contribution is -2.01. The summed E-state index contributed by atoms with van der Waals surface area (Å²) >= 11 is 3.47. The molecule has 6 heteroatoms. The number of rotatable bonds is 7. The Morgan fingerprint density at radius 1 is 0.595 bits per heavy atom. The zero-order chi connectivity index (χ0) is 28.1. The molecule has 0 amide bonds. The Labute approximate surface area is 232 Å². The van der Waals surface area contributed by atoms with Gasteiger partial charge in [-0.15, -0.1) is 0 Å². The molecule has 4 nitrogen and oxygen atoms in total. The number of aryl methyl sites for hydroxylation is 6. The van der Waals surface area contributed by atoms with Crippen LogP contribution in [-0.4, -0.2) is 26.7 Å². The number of hydrogen-bond acceptors (Lipinski definition) is 4. The molecule has 0 bridgehead atoms. The number of methoxy groups -OCH3 is 1. The Kier molecular flexibility index (Phi) is 14.1. The third kappa shape index (κ3) is 10.3. The first-order chi connectivity index (χ1) is 17.5. The highest BCUT2D eigenvalue weighted by Crippen LogP contribution is 2.26. The molecule has 0 aromatic heterocycles. The van der Waals surface area contributed by atoms with Crippen LogP contribution in [0.2, 0.25) is 0 Å². The molecule has 3 rings (SSSR count). The van der Waals surface area contributed by atoms with Crippen LogP contribution in [0.1, 0.15) is 54.2 Å². The molecule has 0 heterocycles. The molecule has 0 atom stereocenters. The van der Waals surface area contributed by atoms with E-state index in [0.29, 0.717) is 0 Å². The summed E-state index contributed by atoms with van der Waals surface area (Å²) in [6.45, 7) is 21.3. The first-order valence-electron chi connectivity index (χ1n) is 12.9. The van der Waals surface area contributed by atoms with E-state index in [1.807, 2.05) is 32.9 Å². The number of anilines is 3. The lowest BCUT2D eigenvalue weighted by molar-refractivity contribution is 0.414. The summed E-state index contributed by atoms with van der Waals surface area (Å²) in [5.41, 5.74) is 10.5. The largest absolute Gasteiger partial charge is 0.497 e. The summed E-state index contributed by atoms with van der Waals surface area (Å²) in [4.78, 5) is 0. The van der Waals surface area contributed by atoms with Crippen molar-refractivity contribution in [3.05, 3.63) is 80.1 Å². The molecule has 0 unspecified atom stereocenters. The third-order valence-electron chi connectivity index (χ3n) is 5.80. The summed E-state index contributed by atoms with van der Waals surface area (Å²) in [7, 11) is 1.70. The molecule has 0 aliphatic heterocycles. The van der Waals surface area contributed by atoms with E-state index in [1.54, 1.807) is 19.2 Å². The van der Waals surface area contributed by atoms with Gasteiger partial charge in [0.1, 0.15) is 11.6 Å².